The first-order chi connectivity index (χ1) is 11.7. The zero-order chi connectivity index (χ0) is 19.0. The van der Waals surface area contributed by atoms with Crippen molar-refractivity contribution in [3.8, 4) is 0 Å². The third-order valence-corrected chi connectivity index (χ3v) is 3.47. The third kappa shape index (κ3) is 5.97. The number of esters is 1. The first kappa shape index (κ1) is 20.8. The van der Waals surface area contributed by atoms with Crippen LogP contribution in [0.15, 0.2) is 30.3 Å². The summed E-state index contributed by atoms with van der Waals surface area (Å²) in [5.74, 6) is -6.58. The molecule has 1 aromatic rings. The predicted molar refractivity (Wildman–Crippen MR) is 86.0 cm³/mol. The Labute approximate surface area is 145 Å². The average molecular weight is 359 g/mol. The minimum atomic E-state index is -4.16. The van der Waals surface area contributed by atoms with Crippen molar-refractivity contribution in [1.82, 2.24) is 5.32 Å². The van der Waals surface area contributed by atoms with Crippen LogP contribution in [0.4, 0.5) is 13.6 Å². The van der Waals surface area contributed by atoms with Gasteiger partial charge in [-0.2, -0.15) is 8.78 Å². The lowest BCUT2D eigenvalue weighted by Crippen LogP contribution is -2.57. The molecule has 0 heterocycles. The number of alkyl halides is 2. The second-order valence-electron chi connectivity index (χ2n) is 5.76. The molecule has 0 bridgehead atoms. The number of carbonyl (C=O) groups is 2. The van der Waals surface area contributed by atoms with Gasteiger partial charge in [0.25, 0.3) is 0 Å². The Morgan fingerprint density at radius 3 is 2.32 bits per heavy atom. The van der Waals surface area contributed by atoms with Gasteiger partial charge in [-0.3, -0.25) is 0 Å². The number of halogens is 2. The van der Waals surface area contributed by atoms with Crippen LogP contribution in [-0.4, -0.2) is 41.8 Å². The number of amides is 1. The maximum absolute atomic E-state index is 14.0. The van der Waals surface area contributed by atoms with Gasteiger partial charge in [0.2, 0.25) is 0 Å². The fourth-order valence-corrected chi connectivity index (χ4v) is 2.08. The molecule has 0 spiro atoms. The summed E-state index contributed by atoms with van der Waals surface area (Å²) in [5, 5.41) is 12.1. The maximum Gasteiger partial charge on any atom is 0.407 e. The molecule has 0 saturated heterocycles. The number of carbonyl (C=O) groups excluding carboxylic acids is 2. The highest BCUT2D eigenvalue weighted by molar-refractivity contribution is 5.78. The van der Waals surface area contributed by atoms with Crippen LogP contribution >= 0.6 is 0 Å². The van der Waals surface area contributed by atoms with Crippen LogP contribution in [0.1, 0.15) is 26.3 Å². The van der Waals surface area contributed by atoms with Crippen LogP contribution in [-0.2, 0) is 20.9 Å². The summed E-state index contributed by atoms with van der Waals surface area (Å²) in [6, 6.07) is 7.39. The molecule has 0 fully saturated rings. The average Bonchev–Trinajstić information content (AvgIpc) is 2.58. The quantitative estimate of drug-likeness (QED) is 0.697. The summed E-state index contributed by atoms with van der Waals surface area (Å²) in [4.78, 5) is 23.2. The van der Waals surface area contributed by atoms with Crippen LogP contribution in [0.5, 0.6) is 0 Å². The first-order valence-corrected chi connectivity index (χ1v) is 7.90. The standard InChI is InChI=1S/C17H23F2NO5/c1-4-24-15(22)17(18,19)14(21)13(11(2)3)20-16(23)25-10-12-8-6-5-7-9-12/h5-9,11,13-14,21H,4,10H2,1-3H3,(H,20,23). The number of aliphatic hydroxyl groups is 1. The molecule has 2 atom stereocenters. The van der Waals surface area contributed by atoms with Gasteiger partial charge >= 0.3 is 18.0 Å². The molecule has 140 valence electrons. The van der Waals surface area contributed by atoms with Gasteiger partial charge in [0, 0.05) is 0 Å². The molecule has 1 rings (SSSR count). The number of nitrogens with one attached hydrogen (secondary N) is 1. The van der Waals surface area contributed by atoms with E-state index in [1.165, 1.54) is 20.8 Å². The number of hydrogen-bond donors (Lipinski definition) is 2. The lowest BCUT2D eigenvalue weighted by molar-refractivity contribution is -0.192. The van der Waals surface area contributed by atoms with Gasteiger partial charge < -0.3 is 19.9 Å². The van der Waals surface area contributed by atoms with Gasteiger partial charge in [0.1, 0.15) is 12.7 Å². The number of alkyl carbamates (subject to hydrolysis) is 1. The predicted octanol–water partition coefficient (Wildman–Crippen LogP) is 2.50. The van der Waals surface area contributed by atoms with Crippen molar-refractivity contribution in [2.75, 3.05) is 6.61 Å². The van der Waals surface area contributed by atoms with Crippen molar-refractivity contribution in [2.24, 2.45) is 5.92 Å². The molecule has 2 unspecified atom stereocenters. The van der Waals surface area contributed by atoms with Crippen LogP contribution < -0.4 is 5.32 Å². The fraction of sp³-hybridized carbons (Fsp3) is 0.529. The Bertz CT molecular complexity index is 565. The van der Waals surface area contributed by atoms with E-state index in [9.17, 15) is 23.5 Å². The van der Waals surface area contributed by atoms with Crippen LogP contribution in [0.2, 0.25) is 0 Å². The van der Waals surface area contributed by atoms with E-state index in [2.05, 4.69) is 10.1 Å². The van der Waals surface area contributed by atoms with Gasteiger partial charge in [-0.15, -0.1) is 0 Å². The number of ether oxygens (including phenoxy) is 2. The van der Waals surface area contributed by atoms with Crippen LogP contribution in [0.25, 0.3) is 0 Å². The molecule has 1 amide bonds. The largest absolute Gasteiger partial charge is 0.461 e. The number of benzene rings is 1. The molecule has 2 N–H and O–H groups in total. The Balaban J connectivity index is 2.72. The molecular weight excluding hydrogens is 336 g/mol. The SMILES string of the molecule is CCOC(=O)C(F)(F)C(O)C(NC(=O)OCc1ccccc1)C(C)C. The molecule has 8 heteroatoms. The Hall–Kier alpha value is -2.22. The van der Waals surface area contributed by atoms with E-state index in [4.69, 9.17) is 4.74 Å². The summed E-state index contributed by atoms with van der Waals surface area (Å²) in [6.45, 7) is 4.11. The smallest absolute Gasteiger partial charge is 0.407 e. The molecule has 0 saturated carbocycles. The molecule has 1 aromatic carbocycles. The van der Waals surface area contributed by atoms with E-state index in [0.29, 0.717) is 0 Å². The second kappa shape index (κ2) is 9.31. The first-order valence-electron chi connectivity index (χ1n) is 7.90. The molecule has 0 aliphatic carbocycles. The van der Waals surface area contributed by atoms with E-state index >= 15 is 0 Å². The van der Waals surface area contributed by atoms with E-state index in [1.807, 2.05) is 0 Å². The maximum atomic E-state index is 14.0. The lowest BCUT2D eigenvalue weighted by atomic mass is 9.94. The van der Waals surface area contributed by atoms with Crippen molar-refractivity contribution in [3.63, 3.8) is 0 Å². The summed E-state index contributed by atoms with van der Waals surface area (Å²) >= 11 is 0. The zero-order valence-corrected chi connectivity index (χ0v) is 14.4. The Morgan fingerprint density at radius 2 is 1.80 bits per heavy atom. The van der Waals surface area contributed by atoms with Gasteiger partial charge in [-0.05, 0) is 18.4 Å². The molecular formula is C17H23F2NO5. The summed E-state index contributed by atoms with van der Waals surface area (Å²) in [6.07, 6.45) is -3.42. The normalized spacial score (nSPS) is 13.9. The van der Waals surface area contributed by atoms with E-state index in [-0.39, 0.29) is 13.2 Å². The summed E-state index contributed by atoms with van der Waals surface area (Å²) < 4.78 is 37.2. The van der Waals surface area contributed by atoms with E-state index < -0.39 is 36.0 Å². The Morgan fingerprint density at radius 1 is 1.20 bits per heavy atom. The highest BCUT2D eigenvalue weighted by Crippen LogP contribution is 2.26. The van der Waals surface area contributed by atoms with Gasteiger partial charge in [-0.25, -0.2) is 9.59 Å². The molecule has 0 aliphatic rings. The van der Waals surface area contributed by atoms with Crippen molar-refractivity contribution >= 4 is 12.1 Å². The highest BCUT2D eigenvalue weighted by atomic mass is 19.3. The van der Waals surface area contributed by atoms with Gasteiger partial charge in [-0.1, -0.05) is 44.2 Å². The molecule has 0 radical (unpaired) electrons. The van der Waals surface area contributed by atoms with Crippen molar-refractivity contribution in [2.45, 2.75) is 45.4 Å². The highest BCUT2D eigenvalue weighted by Gasteiger charge is 2.52. The lowest BCUT2D eigenvalue weighted by Gasteiger charge is -2.31. The molecule has 0 aliphatic heterocycles. The Kier molecular flexibility index (Phi) is 7.76. The van der Waals surface area contributed by atoms with Crippen LogP contribution in [0, 0.1) is 5.92 Å². The summed E-state index contributed by atoms with van der Waals surface area (Å²) in [5.41, 5.74) is 0.719. The molecule has 25 heavy (non-hydrogen) atoms. The fourth-order valence-electron chi connectivity index (χ4n) is 2.08. The third-order valence-electron chi connectivity index (χ3n) is 3.47. The minimum absolute atomic E-state index is 0.0537. The second-order valence-corrected chi connectivity index (χ2v) is 5.76. The minimum Gasteiger partial charge on any atom is -0.461 e. The number of aliphatic hydroxyl groups excluding tert-OH is 1. The monoisotopic (exact) mass is 359 g/mol. The number of rotatable bonds is 8. The van der Waals surface area contributed by atoms with Gasteiger partial charge in [0.15, 0.2) is 0 Å². The van der Waals surface area contributed by atoms with E-state index in [0.717, 1.165) is 5.56 Å². The van der Waals surface area contributed by atoms with Gasteiger partial charge in [0.05, 0.1) is 12.6 Å². The molecule has 6 nitrogen and oxygen atoms in total. The van der Waals surface area contributed by atoms with Crippen LogP contribution in [0.3, 0.4) is 0 Å². The zero-order valence-electron chi connectivity index (χ0n) is 14.4. The van der Waals surface area contributed by atoms with Crippen molar-refractivity contribution < 1.29 is 33.0 Å². The van der Waals surface area contributed by atoms with Crippen molar-refractivity contribution in [3.05, 3.63) is 35.9 Å². The summed E-state index contributed by atoms with van der Waals surface area (Å²) in [7, 11) is 0. The topological polar surface area (TPSA) is 84.9 Å². The van der Waals surface area contributed by atoms with E-state index in [1.54, 1.807) is 30.3 Å². The number of hydrogen-bond acceptors (Lipinski definition) is 5. The van der Waals surface area contributed by atoms with Crippen molar-refractivity contribution in [1.29, 1.82) is 0 Å². The molecule has 0 aromatic heterocycles.